The fourth-order valence-electron chi connectivity index (χ4n) is 5.43. The van der Waals surface area contributed by atoms with Crippen molar-refractivity contribution < 1.29 is 13.9 Å². The Morgan fingerprint density at radius 3 is 2.15 bits per heavy atom. The highest BCUT2D eigenvalue weighted by Gasteiger charge is 2.50. The fourth-order valence-corrected chi connectivity index (χ4v) is 5.43. The molecule has 4 aliphatic rings. The molecule has 4 fully saturated rings. The molecule has 1 aromatic rings. The average Bonchev–Trinajstić information content (AvgIpc) is 2.40. The number of hydrogen-bond donors (Lipinski definition) is 1. The standard InChI is InChI=1S/C17H20F2O/c18-13-1-2-15(19)14(8-13)17(20)16-11-4-9-3-10(6-11)7-12(16)5-9/h1-2,8-12,16-17,20H,3-7H2. The molecule has 4 aliphatic carbocycles. The molecular formula is C17H20F2O. The monoisotopic (exact) mass is 278 g/mol. The van der Waals surface area contributed by atoms with Gasteiger partial charge in [-0.2, -0.15) is 0 Å². The summed E-state index contributed by atoms with van der Waals surface area (Å²) in [4.78, 5) is 0. The first kappa shape index (κ1) is 12.8. The third kappa shape index (κ3) is 1.90. The molecule has 4 bridgehead atoms. The molecule has 0 amide bonds. The Labute approximate surface area is 118 Å². The van der Waals surface area contributed by atoms with Crippen LogP contribution in [0.25, 0.3) is 0 Å². The summed E-state index contributed by atoms with van der Waals surface area (Å²) in [5, 5.41) is 10.7. The summed E-state index contributed by atoms with van der Waals surface area (Å²) < 4.78 is 27.3. The lowest BCUT2D eigenvalue weighted by Gasteiger charge is -2.55. The summed E-state index contributed by atoms with van der Waals surface area (Å²) >= 11 is 0. The SMILES string of the molecule is OC(c1cc(F)ccc1F)C1C2CC3CC(C2)CC1C3. The first-order chi connectivity index (χ1) is 9.61. The summed E-state index contributed by atoms with van der Waals surface area (Å²) in [5.74, 6) is 1.82. The molecule has 1 nitrogen and oxygen atoms in total. The van der Waals surface area contributed by atoms with Crippen molar-refractivity contribution in [2.24, 2.45) is 29.6 Å². The third-order valence-electron chi connectivity index (χ3n) is 5.94. The van der Waals surface area contributed by atoms with Crippen molar-refractivity contribution in [2.75, 3.05) is 0 Å². The molecule has 5 rings (SSSR count). The largest absolute Gasteiger partial charge is 0.388 e. The van der Waals surface area contributed by atoms with Crippen molar-refractivity contribution in [3.05, 3.63) is 35.4 Å². The van der Waals surface area contributed by atoms with Crippen LogP contribution in [-0.2, 0) is 0 Å². The fraction of sp³-hybridized carbons (Fsp3) is 0.647. The average molecular weight is 278 g/mol. The van der Waals surface area contributed by atoms with E-state index in [1.807, 2.05) is 0 Å². The molecule has 108 valence electrons. The van der Waals surface area contributed by atoms with Crippen LogP contribution in [-0.4, -0.2) is 5.11 Å². The molecule has 20 heavy (non-hydrogen) atoms. The molecule has 0 spiro atoms. The van der Waals surface area contributed by atoms with Crippen molar-refractivity contribution in [2.45, 2.75) is 38.2 Å². The minimum Gasteiger partial charge on any atom is -0.388 e. The lowest BCUT2D eigenvalue weighted by Crippen LogP contribution is -2.47. The van der Waals surface area contributed by atoms with Crippen molar-refractivity contribution >= 4 is 0 Å². The van der Waals surface area contributed by atoms with Crippen LogP contribution in [0.4, 0.5) is 8.78 Å². The molecule has 0 radical (unpaired) electrons. The second-order valence-electron chi connectivity index (χ2n) is 7.12. The van der Waals surface area contributed by atoms with Gasteiger partial charge in [0.15, 0.2) is 0 Å². The quantitative estimate of drug-likeness (QED) is 0.864. The van der Waals surface area contributed by atoms with Crippen LogP contribution in [0.2, 0.25) is 0 Å². The molecule has 1 N–H and O–H groups in total. The Morgan fingerprint density at radius 2 is 1.55 bits per heavy atom. The molecular weight excluding hydrogens is 258 g/mol. The number of aliphatic hydroxyl groups is 1. The summed E-state index contributed by atoms with van der Waals surface area (Å²) in [6.45, 7) is 0. The van der Waals surface area contributed by atoms with Gasteiger partial charge in [0.2, 0.25) is 0 Å². The van der Waals surface area contributed by atoms with Gasteiger partial charge in [0.25, 0.3) is 0 Å². The molecule has 0 heterocycles. The summed E-state index contributed by atoms with van der Waals surface area (Å²) in [6, 6.07) is 3.41. The molecule has 1 atom stereocenters. The minimum absolute atomic E-state index is 0.124. The zero-order valence-electron chi connectivity index (χ0n) is 11.4. The molecule has 3 heteroatoms. The predicted octanol–water partition coefficient (Wildman–Crippen LogP) is 4.07. The van der Waals surface area contributed by atoms with Gasteiger partial charge in [-0.05, 0) is 79.9 Å². The van der Waals surface area contributed by atoms with E-state index in [1.54, 1.807) is 0 Å². The molecule has 0 aromatic heterocycles. The van der Waals surface area contributed by atoms with Crippen LogP contribution in [0.15, 0.2) is 18.2 Å². The van der Waals surface area contributed by atoms with Crippen LogP contribution in [0.3, 0.4) is 0 Å². The van der Waals surface area contributed by atoms with Gasteiger partial charge in [-0.25, -0.2) is 8.78 Å². The van der Waals surface area contributed by atoms with E-state index < -0.39 is 17.7 Å². The molecule has 1 unspecified atom stereocenters. The van der Waals surface area contributed by atoms with E-state index in [1.165, 1.54) is 38.2 Å². The predicted molar refractivity (Wildman–Crippen MR) is 71.9 cm³/mol. The van der Waals surface area contributed by atoms with E-state index in [0.717, 1.165) is 24.0 Å². The highest BCUT2D eigenvalue weighted by molar-refractivity contribution is 5.23. The van der Waals surface area contributed by atoms with E-state index >= 15 is 0 Å². The van der Waals surface area contributed by atoms with Crippen molar-refractivity contribution in [1.82, 2.24) is 0 Å². The van der Waals surface area contributed by atoms with E-state index in [9.17, 15) is 13.9 Å². The Morgan fingerprint density at radius 1 is 0.950 bits per heavy atom. The van der Waals surface area contributed by atoms with Crippen LogP contribution in [0, 0.1) is 41.2 Å². The summed E-state index contributed by atoms with van der Waals surface area (Å²) in [7, 11) is 0. The molecule has 0 saturated heterocycles. The number of rotatable bonds is 2. The number of hydrogen-bond acceptors (Lipinski definition) is 1. The third-order valence-corrected chi connectivity index (χ3v) is 5.94. The van der Waals surface area contributed by atoms with E-state index in [0.29, 0.717) is 11.8 Å². The maximum Gasteiger partial charge on any atom is 0.129 e. The normalized spacial score (nSPS) is 40.0. The van der Waals surface area contributed by atoms with E-state index in [4.69, 9.17) is 0 Å². The first-order valence-corrected chi connectivity index (χ1v) is 7.75. The first-order valence-electron chi connectivity index (χ1n) is 7.75. The zero-order chi connectivity index (χ0) is 13.9. The second kappa shape index (κ2) is 4.52. The van der Waals surface area contributed by atoms with Gasteiger partial charge in [-0.1, -0.05) is 0 Å². The van der Waals surface area contributed by atoms with Gasteiger partial charge in [0.1, 0.15) is 11.6 Å². The van der Waals surface area contributed by atoms with Gasteiger partial charge in [-0.3, -0.25) is 0 Å². The van der Waals surface area contributed by atoms with Crippen LogP contribution in [0.1, 0.15) is 43.8 Å². The molecule has 1 aromatic carbocycles. The Kier molecular flexibility index (Phi) is 2.88. The number of aliphatic hydroxyl groups excluding tert-OH is 1. The Hall–Kier alpha value is -0.960. The van der Waals surface area contributed by atoms with Gasteiger partial charge < -0.3 is 5.11 Å². The van der Waals surface area contributed by atoms with Crippen molar-refractivity contribution in [3.63, 3.8) is 0 Å². The number of halogens is 2. The lowest BCUT2D eigenvalue weighted by molar-refractivity contribution is -0.0916. The summed E-state index contributed by atoms with van der Waals surface area (Å²) in [5.41, 5.74) is 0.155. The van der Waals surface area contributed by atoms with Crippen LogP contribution in [0.5, 0.6) is 0 Å². The number of benzene rings is 1. The van der Waals surface area contributed by atoms with Crippen molar-refractivity contribution in [3.8, 4) is 0 Å². The second-order valence-corrected chi connectivity index (χ2v) is 7.12. The molecule has 0 aliphatic heterocycles. The lowest BCUT2D eigenvalue weighted by atomic mass is 9.50. The Balaban J connectivity index is 1.65. The van der Waals surface area contributed by atoms with E-state index in [-0.39, 0.29) is 11.5 Å². The highest BCUT2D eigenvalue weighted by atomic mass is 19.1. The van der Waals surface area contributed by atoms with Crippen molar-refractivity contribution in [1.29, 1.82) is 0 Å². The molecule has 4 saturated carbocycles. The van der Waals surface area contributed by atoms with Gasteiger partial charge >= 0.3 is 0 Å². The Bertz CT molecular complexity index is 500. The van der Waals surface area contributed by atoms with Crippen LogP contribution < -0.4 is 0 Å². The minimum atomic E-state index is -0.847. The van der Waals surface area contributed by atoms with Gasteiger partial charge in [0, 0.05) is 5.56 Å². The highest BCUT2D eigenvalue weighted by Crippen LogP contribution is 2.59. The van der Waals surface area contributed by atoms with Crippen LogP contribution >= 0.6 is 0 Å². The van der Waals surface area contributed by atoms with Gasteiger partial charge in [-0.15, -0.1) is 0 Å². The topological polar surface area (TPSA) is 20.2 Å². The maximum absolute atomic E-state index is 13.9. The van der Waals surface area contributed by atoms with E-state index in [2.05, 4.69) is 0 Å². The maximum atomic E-state index is 13.9. The smallest absolute Gasteiger partial charge is 0.129 e. The van der Waals surface area contributed by atoms with Gasteiger partial charge in [0.05, 0.1) is 6.10 Å². The zero-order valence-corrected chi connectivity index (χ0v) is 11.4. The summed E-state index contributed by atoms with van der Waals surface area (Å²) in [6.07, 6.45) is 5.19.